The molecular formula is C12H16ClN5. The molecule has 5 nitrogen and oxygen atoms in total. The molecule has 0 saturated heterocycles. The van der Waals surface area contributed by atoms with Crippen LogP contribution in [-0.2, 0) is 6.54 Å². The second kappa shape index (κ2) is 5.44. The molecule has 0 N–H and O–H groups in total. The number of aromatic nitrogens is 5. The van der Waals surface area contributed by atoms with Gasteiger partial charge in [-0.1, -0.05) is 37.6 Å². The second-order valence-corrected chi connectivity index (χ2v) is 4.78. The van der Waals surface area contributed by atoms with Crippen LogP contribution in [0.15, 0.2) is 12.5 Å². The molecule has 0 aliphatic rings. The fraction of sp³-hybridized carbons (Fsp3) is 0.500. The van der Waals surface area contributed by atoms with E-state index in [1.807, 2.05) is 4.68 Å². The Morgan fingerprint density at radius 2 is 2.11 bits per heavy atom. The topological polar surface area (TPSA) is 56.5 Å². The zero-order valence-electron chi connectivity index (χ0n) is 10.8. The molecule has 0 radical (unpaired) electrons. The van der Waals surface area contributed by atoms with E-state index in [-0.39, 0.29) is 5.92 Å². The minimum Gasteiger partial charge on any atom is -0.243 e. The monoisotopic (exact) mass is 265 g/mol. The number of aryl methyl sites for hydroxylation is 1. The molecule has 96 valence electrons. The number of halogens is 1. The van der Waals surface area contributed by atoms with Gasteiger partial charge >= 0.3 is 0 Å². The molecule has 0 fully saturated rings. The van der Waals surface area contributed by atoms with Crippen molar-refractivity contribution in [3.8, 4) is 11.4 Å². The van der Waals surface area contributed by atoms with Crippen LogP contribution in [0.2, 0.25) is 5.15 Å². The van der Waals surface area contributed by atoms with Gasteiger partial charge in [-0.25, -0.2) is 14.6 Å². The van der Waals surface area contributed by atoms with E-state index in [1.165, 1.54) is 6.33 Å². The van der Waals surface area contributed by atoms with Crippen molar-refractivity contribution in [1.29, 1.82) is 0 Å². The first kappa shape index (κ1) is 13.0. The van der Waals surface area contributed by atoms with Gasteiger partial charge in [-0.15, -0.1) is 5.10 Å². The SMILES string of the molecule is CCCn1nncc1-c1ncnc(Cl)c1C(C)C. The summed E-state index contributed by atoms with van der Waals surface area (Å²) in [4.78, 5) is 8.40. The van der Waals surface area contributed by atoms with Gasteiger partial charge in [0.2, 0.25) is 0 Å². The molecule has 6 heteroatoms. The molecule has 0 aromatic carbocycles. The van der Waals surface area contributed by atoms with Gasteiger partial charge in [-0.05, 0) is 12.3 Å². The van der Waals surface area contributed by atoms with Crippen molar-refractivity contribution in [2.45, 2.75) is 39.7 Å². The molecule has 0 spiro atoms. The van der Waals surface area contributed by atoms with E-state index in [4.69, 9.17) is 11.6 Å². The van der Waals surface area contributed by atoms with Crippen LogP contribution in [0.25, 0.3) is 11.4 Å². The third-order valence-corrected chi connectivity index (χ3v) is 3.01. The van der Waals surface area contributed by atoms with Gasteiger partial charge < -0.3 is 0 Å². The zero-order chi connectivity index (χ0) is 13.1. The van der Waals surface area contributed by atoms with E-state index in [1.54, 1.807) is 6.20 Å². The second-order valence-electron chi connectivity index (χ2n) is 4.42. The van der Waals surface area contributed by atoms with Gasteiger partial charge in [0.25, 0.3) is 0 Å². The first-order valence-corrected chi connectivity index (χ1v) is 6.42. The summed E-state index contributed by atoms with van der Waals surface area (Å²) in [6.45, 7) is 7.06. The summed E-state index contributed by atoms with van der Waals surface area (Å²) in [6.07, 6.45) is 4.19. The number of rotatable bonds is 4. The Hall–Kier alpha value is -1.49. The lowest BCUT2D eigenvalue weighted by molar-refractivity contribution is 0.582. The predicted octanol–water partition coefficient (Wildman–Crippen LogP) is 2.92. The summed E-state index contributed by atoms with van der Waals surface area (Å²) in [6, 6.07) is 0. The lowest BCUT2D eigenvalue weighted by Crippen LogP contribution is -2.06. The highest BCUT2D eigenvalue weighted by atomic mass is 35.5. The molecule has 0 amide bonds. The van der Waals surface area contributed by atoms with Gasteiger partial charge in [-0.2, -0.15) is 0 Å². The maximum absolute atomic E-state index is 6.17. The molecule has 0 aliphatic carbocycles. The fourth-order valence-corrected chi connectivity index (χ4v) is 2.26. The van der Waals surface area contributed by atoms with Crippen molar-refractivity contribution in [3.05, 3.63) is 23.2 Å². The Morgan fingerprint density at radius 3 is 2.78 bits per heavy atom. The van der Waals surface area contributed by atoms with Crippen LogP contribution in [0.4, 0.5) is 0 Å². The number of hydrogen-bond acceptors (Lipinski definition) is 4. The molecule has 0 unspecified atom stereocenters. The van der Waals surface area contributed by atoms with Crippen LogP contribution < -0.4 is 0 Å². The van der Waals surface area contributed by atoms with Crippen molar-refractivity contribution >= 4 is 11.6 Å². The van der Waals surface area contributed by atoms with Crippen molar-refractivity contribution in [2.75, 3.05) is 0 Å². The summed E-state index contributed by atoms with van der Waals surface area (Å²) in [7, 11) is 0. The molecule has 18 heavy (non-hydrogen) atoms. The highest BCUT2D eigenvalue weighted by molar-refractivity contribution is 6.30. The van der Waals surface area contributed by atoms with E-state index < -0.39 is 0 Å². The molecule has 0 aliphatic heterocycles. The van der Waals surface area contributed by atoms with E-state index in [0.29, 0.717) is 5.15 Å². The number of nitrogens with zero attached hydrogens (tertiary/aromatic N) is 5. The maximum atomic E-state index is 6.17. The number of hydrogen-bond donors (Lipinski definition) is 0. The van der Waals surface area contributed by atoms with Crippen LogP contribution in [0, 0.1) is 0 Å². The summed E-state index contributed by atoms with van der Waals surface area (Å²) >= 11 is 6.17. The molecular weight excluding hydrogens is 250 g/mol. The quantitative estimate of drug-likeness (QED) is 0.798. The predicted molar refractivity (Wildman–Crippen MR) is 70.4 cm³/mol. The average molecular weight is 266 g/mol. The normalized spacial score (nSPS) is 11.2. The Morgan fingerprint density at radius 1 is 1.33 bits per heavy atom. The average Bonchev–Trinajstić information content (AvgIpc) is 2.76. The van der Waals surface area contributed by atoms with Crippen LogP contribution in [-0.4, -0.2) is 25.0 Å². The van der Waals surface area contributed by atoms with Gasteiger partial charge in [0, 0.05) is 12.1 Å². The Bertz CT molecular complexity index is 535. The summed E-state index contributed by atoms with van der Waals surface area (Å²) in [5.41, 5.74) is 2.66. The molecule has 0 saturated carbocycles. The van der Waals surface area contributed by atoms with E-state index >= 15 is 0 Å². The van der Waals surface area contributed by atoms with Crippen LogP contribution in [0.1, 0.15) is 38.7 Å². The smallest absolute Gasteiger partial charge is 0.136 e. The highest BCUT2D eigenvalue weighted by Gasteiger charge is 2.18. The van der Waals surface area contributed by atoms with Gasteiger partial charge in [0.1, 0.15) is 17.2 Å². The first-order valence-electron chi connectivity index (χ1n) is 6.04. The third kappa shape index (κ3) is 2.36. The van der Waals surface area contributed by atoms with Crippen LogP contribution in [0.5, 0.6) is 0 Å². The highest BCUT2D eigenvalue weighted by Crippen LogP contribution is 2.30. The van der Waals surface area contributed by atoms with Crippen molar-refractivity contribution in [2.24, 2.45) is 0 Å². The van der Waals surface area contributed by atoms with Crippen molar-refractivity contribution in [1.82, 2.24) is 25.0 Å². The van der Waals surface area contributed by atoms with Gasteiger partial charge in [-0.3, -0.25) is 0 Å². The summed E-state index contributed by atoms with van der Waals surface area (Å²) in [5, 5.41) is 8.53. The van der Waals surface area contributed by atoms with Crippen molar-refractivity contribution in [3.63, 3.8) is 0 Å². The van der Waals surface area contributed by atoms with Crippen molar-refractivity contribution < 1.29 is 0 Å². The van der Waals surface area contributed by atoms with E-state index in [9.17, 15) is 0 Å². The zero-order valence-corrected chi connectivity index (χ0v) is 11.5. The van der Waals surface area contributed by atoms with E-state index in [2.05, 4.69) is 41.1 Å². The fourth-order valence-electron chi connectivity index (χ4n) is 1.91. The van der Waals surface area contributed by atoms with Gasteiger partial charge in [0.15, 0.2) is 0 Å². The molecule has 0 bridgehead atoms. The minimum atomic E-state index is 0.249. The lowest BCUT2D eigenvalue weighted by Gasteiger charge is -2.13. The molecule has 2 heterocycles. The Labute approximate surface area is 111 Å². The summed E-state index contributed by atoms with van der Waals surface area (Å²) in [5.74, 6) is 0.249. The van der Waals surface area contributed by atoms with Gasteiger partial charge in [0.05, 0.1) is 11.9 Å². The Balaban J connectivity index is 2.56. The molecule has 2 aromatic heterocycles. The molecule has 2 aromatic rings. The summed E-state index contributed by atoms with van der Waals surface area (Å²) < 4.78 is 1.85. The van der Waals surface area contributed by atoms with Crippen LogP contribution in [0.3, 0.4) is 0 Å². The maximum Gasteiger partial charge on any atom is 0.136 e. The lowest BCUT2D eigenvalue weighted by atomic mass is 10.0. The third-order valence-electron chi connectivity index (χ3n) is 2.71. The van der Waals surface area contributed by atoms with E-state index in [0.717, 1.165) is 29.9 Å². The minimum absolute atomic E-state index is 0.249. The molecule has 2 rings (SSSR count). The van der Waals surface area contributed by atoms with Crippen LogP contribution >= 0.6 is 11.6 Å². The molecule has 0 atom stereocenters. The standard InChI is InChI=1S/C12H16ClN5/c1-4-5-18-9(6-16-17-18)11-10(8(2)3)12(13)15-7-14-11/h6-8H,4-5H2,1-3H3. The largest absolute Gasteiger partial charge is 0.243 e. The Kier molecular flexibility index (Phi) is 3.91. The first-order chi connectivity index (χ1) is 8.65.